The zero-order valence-corrected chi connectivity index (χ0v) is 15.1. The molecule has 0 aliphatic carbocycles. The Morgan fingerprint density at radius 3 is 2.65 bits per heavy atom. The zero-order valence-electron chi connectivity index (χ0n) is 15.1. The Kier molecular flexibility index (Phi) is 4.29. The fourth-order valence-corrected chi connectivity index (χ4v) is 3.83. The predicted molar refractivity (Wildman–Crippen MR) is 104 cm³/mol. The fraction of sp³-hybridized carbons (Fsp3) is 0.217. The highest BCUT2D eigenvalue weighted by molar-refractivity contribution is 5.93. The molecule has 0 radical (unpaired) electrons. The van der Waals surface area contributed by atoms with E-state index < -0.39 is 0 Å². The summed E-state index contributed by atoms with van der Waals surface area (Å²) in [5.41, 5.74) is 8.41. The number of carbonyl (C=O) groups excluding carboxylic acids is 1. The molecule has 2 aromatic carbocycles. The van der Waals surface area contributed by atoms with Crippen molar-refractivity contribution in [1.29, 1.82) is 0 Å². The first-order chi connectivity index (χ1) is 12.6. The van der Waals surface area contributed by atoms with Crippen LogP contribution in [0.1, 0.15) is 45.7 Å². The summed E-state index contributed by atoms with van der Waals surface area (Å²) in [5.74, 6) is 0.232. The maximum Gasteiger partial charge on any atom is 0.224 e. The molecule has 1 amide bonds. The molecule has 0 bridgehead atoms. The summed E-state index contributed by atoms with van der Waals surface area (Å²) in [4.78, 5) is 16.0. The summed E-state index contributed by atoms with van der Waals surface area (Å²) >= 11 is 0. The molecule has 3 heteroatoms. The Hall–Kier alpha value is -2.94. The molecule has 0 saturated heterocycles. The van der Waals surface area contributed by atoms with Gasteiger partial charge in [0.1, 0.15) is 0 Å². The molecule has 1 unspecified atom stereocenters. The van der Waals surface area contributed by atoms with Crippen LogP contribution in [0.2, 0.25) is 0 Å². The van der Waals surface area contributed by atoms with Crippen molar-refractivity contribution in [2.45, 2.75) is 32.6 Å². The van der Waals surface area contributed by atoms with Crippen molar-refractivity contribution in [1.82, 2.24) is 4.98 Å². The molecule has 130 valence electrons. The minimum Gasteiger partial charge on any atom is -0.326 e. The molecule has 0 spiro atoms. The van der Waals surface area contributed by atoms with Gasteiger partial charge < -0.3 is 5.32 Å². The molecule has 3 aromatic rings. The molecule has 1 aliphatic rings. The topological polar surface area (TPSA) is 42.0 Å². The summed E-state index contributed by atoms with van der Waals surface area (Å²) in [6.45, 7) is 4.29. The molecule has 0 fully saturated rings. The molecule has 1 aromatic heterocycles. The molecule has 1 N–H and O–H groups in total. The lowest BCUT2D eigenvalue weighted by Crippen LogP contribution is -2.19. The van der Waals surface area contributed by atoms with E-state index in [1.54, 1.807) is 0 Å². The van der Waals surface area contributed by atoms with Gasteiger partial charge in [0.25, 0.3) is 0 Å². The van der Waals surface area contributed by atoms with Gasteiger partial charge in [-0.05, 0) is 60.2 Å². The lowest BCUT2D eigenvalue weighted by Gasteiger charge is -2.24. The average Bonchev–Trinajstić information content (AvgIpc) is 2.64. The number of nitrogens with zero attached hydrogens (tertiary/aromatic N) is 1. The number of fused-ring (bicyclic) bond motifs is 1. The number of aryl methyl sites for hydroxylation is 3. The maximum atomic E-state index is 11.6. The number of hydrogen-bond donors (Lipinski definition) is 1. The van der Waals surface area contributed by atoms with Gasteiger partial charge in [0, 0.05) is 30.4 Å². The Balaban J connectivity index is 1.85. The van der Waals surface area contributed by atoms with E-state index in [-0.39, 0.29) is 11.8 Å². The van der Waals surface area contributed by atoms with Crippen molar-refractivity contribution in [2.75, 3.05) is 5.32 Å². The number of nitrogens with one attached hydrogen (secondary N) is 1. The first-order valence-electron chi connectivity index (χ1n) is 9.01. The van der Waals surface area contributed by atoms with Crippen LogP contribution in [0.4, 0.5) is 5.69 Å². The van der Waals surface area contributed by atoms with Crippen molar-refractivity contribution in [3.63, 3.8) is 0 Å². The van der Waals surface area contributed by atoms with Crippen LogP contribution >= 0.6 is 0 Å². The van der Waals surface area contributed by atoms with Crippen LogP contribution in [0, 0.1) is 13.8 Å². The third kappa shape index (κ3) is 3.13. The number of carbonyl (C=O) groups is 1. The Labute approximate surface area is 154 Å². The average molecular weight is 342 g/mol. The largest absolute Gasteiger partial charge is 0.326 e. The second-order valence-corrected chi connectivity index (χ2v) is 7.04. The highest BCUT2D eigenvalue weighted by Crippen LogP contribution is 2.36. The zero-order chi connectivity index (χ0) is 18.1. The molecule has 26 heavy (non-hydrogen) atoms. The van der Waals surface area contributed by atoms with E-state index in [1.807, 2.05) is 24.5 Å². The van der Waals surface area contributed by atoms with E-state index in [1.165, 1.54) is 33.4 Å². The van der Waals surface area contributed by atoms with Gasteiger partial charge in [-0.2, -0.15) is 0 Å². The molecule has 0 saturated carbocycles. The summed E-state index contributed by atoms with van der Waals surface area (Å²) in [5, 5.41) is 2.97. The molecule has 1 aliphatic heterocycles. The smallest absolute Gasteiger partial charge is 0.224 e. The van der Waals surface area contributed by atoms with Gasteiger partial charge in [0.15, 0.2) is 0 Å². The molecule has 1 atom stereocenters. The summed E-state index contributed by atoms with van der Waals surface area (Å²) < 4.78 is 0. The third-order valence-electron chi connectivity index (χ3n) is 5.11. The SMILES string of the molecule is Cc1ccc(C(c2cccnc2)c2ccc3c(c2)CCC(=O)N3)c(C)c1. The number of benzene rings is 2. The molecular formula is C23H22N2O. The van der Waals surface area contributed by atoms with Gasteiger partial charge in [-0.3, -0.25) is 9.78 Å². The van der Waals surface area contributed by atoms with E-state index in [4.69, 9.17) is 0 Å². The van der Waals surface area contributed by atoms with Gasteiger partial charge in [0.05, 0.1) is 0 Å². The van der Waals surface area contributed by atoms with Crippen molar-refractivity contribution in [3.05, 3.63) is 94.3 Å². The quantitative estimate of drug-likeness (QED) is 0.745. The summed E-state index contributed by atoms with van der Waals surface area (Å²) in [6.07, 6.45) is 5.11. The van der Waals surface area contributed by atoms with Crippen LogP contribution in [0.5, 0.6) is 0 Å². The van der Waals surface area contributed by atoms with Crippen LogP contribution in [0.15, 0.2) is 60.9 Å². The summed E-state index contributed by atoms with van der Waals surface area (Å²) in [7, 11) is 0. The van der Waals surface area contributed by atoms with Crippen molar-refractivity contribution >= 4 is 11.6 Å². The number of rotatable bonds is 3. The molecular weight excluding hydrogens is 320 g/mol. The first kappa shape index (κ1) is 16.5. The van der Waals surface area contributed by atoms with Crippen LogP contribution < -0.4 is 5.32 Å². The number of hydrogen-bond acceptors (Lipinski definition) is 2. The number of aromatic nitrogens is 1. The highest BCUT2D eigenvalue weighted by Gasteiger charge is 2.22. The van der Waals surface area contributed by atoms with Crippen molar-refractivity contribution in [2.24, 2.45) is 0 Å². The molecule has 3 nitrogen and oxygen atoms in total. The predicted octanol–water partition coefficient (Wildman–Crippen LogP) is 4.76. The normalized spacial score (nSPS) is 14.5. The summed E-state index contributed by atoms with van der Waals surface area (Å²) in [6, 6.07) is 17.2. The van der Waals surface area contributed by atoms with E-state index >= 15 is 0 Å². The van der Waals surface area contributed by atoms with E-state index in [9.17, 15) is 4.79 Å². The third-order valence-corrected chi connectivity index (χ3v) is 5.11. The Morgan fingerprint density at radius 1 is 1.00 bits per heavy atom. The van der Waals surface area contributed by atoms with Gasteiger partial charge in [-0.1, -0.05) is 42.0 Å². The standard InChI is InChI=1S/C23H22N2O/c1-15-5-8-20(16(2)12-15)23(19-4-3-11-24-14-19)18-6-9-21-17(13-18)7-10-22(26)25-21/h3-6,8-9,11-14,23H,7,10H2,1-2H3,(H,25,26). The highest BCUT2D eigenvalue weighted by atomic mass is 16.1. The number of pyridine rings is 1. The van der Waals surface area contributed by atoms with Gasteiger partial charge in [0.2, 0.25) is 5.91 Å². The minimum absolute atomic E-state index is 0.100. The molecule has 4 rings (SSSR count). The number of anilines is 1. The lowest BCUT2D eigenvalue weighted by molar-refractivity contribution is -0.116. The van der Waals surface area contributed by atoms with Gasteiger partial charge in [-0.15, -0.1) is 0 Å². The minimum atomic E-state index is 0.100. The Bertz CT molecular complexity index is 963. The van der Waals surface area contributed by atoms with E-state index in [0.29, 0.717) is 6.42 Å². The first-order valence-corrected chi connectivity index (χ1v) is 9.01. The van der Waals surface area contributed by atoms with Crippen molar-refractivity contribution < 1.29 is 4.79 Å². The van der Waals surface area contributed by atoms with Gasteiger partial charge in [-0.25, -0.2) is 0 Å². The van der Waals surface area contributed by atoms with E-state index in [0.717, 1.165) is 12.1 Å². The Morgan fingerprint density at radius 2 is 1.88 bits per heavy atom. The second-order valence-electron chi connectivity index (χ2n) is 7.04. The molecule has 2 heterocycles. The van der Waals surface area contributed by atoms with Crippen molar-refractivity contribution in [3.8, 4) is 0 Å². The van der Waals surface area contributed by atoms with E-state index in [2.05, 4.69) is 60.5 Å². The van der Waals surface area contributed by atoms with Gasteiger partial charge >= 0.3 is 0 Å². The van der Waals surface area contributed by atoms with Crippen LogP contribution in [0.3, 0.4) is 0 Å². The second kappa shape index (κ2) is 6.75. The maximum absolute atomic E-state index is 11.6. The monoisotopic (exact) mass is 342 g/mol. The lowest BCUT2D eigenvalue weighted by atomic mass is 9.82. The van der Waals surface area contributed by atoms with Crippen LogP contribution in [0.25, 0.3) is 0 Å². The fourth-order valence-electron chi connectivity index (χ4n) is 3.83. The number of amides is 1. The van der Waals surface area contributed by atoms with Crippen LogP contribution in [-0.2, 0) is 11.2 Å². The van der Waals surface area contributed by atoms with Crippen LogP contribution in [-0.4, -0.2) is 10.9 Å².